The molecule has 6 nitrogen and oxygen atoms in total. The van der Waals surface area contributed by atoms with Crippen molar-refractivity contribution in [2.45, 2.75) is 0 Å². The summed E-state index contributed by atoms with van der Waals surface area (Å²) in [6.45, 7) is 1.66. The Kier molecular flexibility index (Phi) is 3.64. The lowest BCUT2D eigenvalue weighted by Crippen LogP contribution is -2.15. The van der Waals surface area contributed by atoms with Gasteiger partial charge in [0.1, 0.15) is 19.0 Å². The summed E-state index contributed by atoms with van der Waals surface area (Å²) >= 11 is 0. The van der Waals surface area contributed by atoms with Crippen molar-refractivity contribution in [2.24, 2.45) is 0 Å². The molecule has 0 aliphatic carbocycles. The number of hydrogen-bond acceptors (Lipinski definition) is 6. The van der Waals surface area contributed by atoms with E-state index in [9.17, 15) is 0 Å². The molecule has 0 amide bonds. The highest BCUT2D eigenvalue weighted by Crippen LogP contribution is 2.33. The van der Waals surface area contributed by atoms with Gasteiger partial charge in [0.2, 0.25) is 0 Å². The van der Waals surface area contributed by atoms with E-state index in [-0.39, 0.29) is 6.61 Å². The largest absolute Gasteiger partial charge is 0.486 e. The number of hydrogen-bond donors (Lipinski definition) is 2. The van der Waals surface area contributed by atoms with Crippen LogP contribution in [0.15, 0.2) is 30.3 Å². The van der Waals surface area contributed by atoms with E-state index in [4.69, 9.17) is 14.6 Å². The van der Waals surface area contributed by atoms with Crippen molar-refractivity contribution >= 4 is 5.82 Å². The molecule has 0 saturated heterocycles. The second-order valence-corrected chi connectivity index (χ2v) is 4.31. The van der Waals surface area contributed by atoms with Gasteiger partial charge in [0.25, 0.3) is 0 Å². The molecule has 0 unspecified atom stereocenters. The summed E-state index contributed by atoms with van der Waals surface area (Å²) in [5, 5.41) is 19.9. The molecule has 1 aliphatic rings. The molecular weight excluding hydrogens is 258 g/mol. The van der Waals surface area contributed by atoms with Crippen LogP contribution in [0, 0.1) is 0 Å². The van der Waals surface area contributed by atoms with Crippen LogP contribution < -0.4 is 14.8 Å². The number of nitrogens with zero attached hydrogens (tertiary/aromatic N) is 2. The lowest BCUT2D eigenvalue weighted by atomic mass is 10.1. The molecule has 0 bridgehead atoms. The first-order valence-corrected chi connectivity index (χ1v) is 6.45. The fourth-order valence-corrected chi connectivity index (χ4v) is 1.97. The number of benzene rings is 1. The summed E-state index contributed by atoms with van der Waals surface area (Å²) in [5.74, 6) is 2.13. The van der Waals surface area contributed by atoms with Gasteiger partial charge in [-0.3, -0.25) is 0 Å². The average molecular weight is 273 g/mol. The second kappa shape index (κ2) is 5.75. The molecule has 6 heteroatoms. The zero-order valence-electron chi connectivity index (χ0n) is 10.9. The smallest absolute Gasteiger partial charge is 0.162 e. The number of anilines is 1. The quantitative estimate of drug-likeness (QED) is 0.875. The monoisotopic (exact) mass is 273 g/mol. The number of ether oxygens (including phenoxy) is 2. The molecule has 1 aromatic carbocycles. The van der Waals surface area contributed by atoms with Gasteiger partial charge < -0.3 is 19.9 Å². The lowest BCUT2D eigenvalue weighted by Gasteiger charge is -2.18. The number of fused-ring (bicyclic) bond motifs is 1. The maximum absolute atomic E-state index is 8.74. The van der Waals surface area contributed by atoms with E-state index >= 15 is 0 Å². The van der Waals surface area contributed by atoms with Crippen molar-refractivity contribution in [3.63, 3.8) is 0 Å². The van der Waals surface area contributed by atoms with Crippen LogP contribution in [0.2, 0.25) is 0 Å². The molecule has 0 atom stereocenters. The van der Waals surface area contributed by atoms with Crippen LogP contribution in [0.4, 0.5) is 5.82 Å². The van der Waals surface area contributed by atoms with Gasteiger partial charge in [-0.25, -0.2) is 0 Å². The first kappa shape index (κ1) is 12.7. The third-order valence-electron chi connectivity index (χ3n) is 2.92. The molecule has 3 rings (SSSR count). The van der Waals surface area contributed by atoms with Crippen LogP contribution in [0.3, 0.4) is 0 Å². The summed E-state index contributed by atoms with van der Waals surface area (Å²) in [4.78, 5) is 0. The maximum Gasteiger partial charge on any atom is 0.162 e. The minimum Gasteiger partial charge on any atom is -0.486 e. The highest BCUT2D eigenvalue weighted by Gasteiger charge is 2.13. The number of aliphatic hydroxyl groups excluding tert-OH is 1. The molecule has 0 saturated carbocycles. The summed E-state index contributed by atoms with van der Waals surface area (Å²) in [6.07, 6.45) is 0. The van der Waals surface area contributed by atoms with E-state index in [0.717, 1.165) is 22.8 Å². The molecule has 0 spiro atoms. The molecule has 104 valence electrons. The Labute approximate surface area is 116 Å². The van der Waals surface area contributed by atoms with Gasteiger partial charge >= 0.3 is 0 Å². The van der Waals surface area contributed by atoms with E-state index in [2.05, 4.69) is 15.5 Å². The van der Waals surface area contributed by atoms with Gasteiger partial charge in [-0.15, -0.1) is 10.2 Å². The molecule has 20 heavy (non-hydrogen) atoms. The van der Waals surface area contributed by atoms with Gasteiger partial charge in [-0.1, -0.05) is 0 Å². The molecule has 2 N–H and O–H groups in total. The lowest BCUT2D eigenvalue weighted by molar-refractivity contribution is 0.171. The number of rotatable bonds is 4. The molecule has 2 heterocycles. The fourth-order valence-electron chi connectivity index (χ4n) is 1.97. The Morgan fingerprint density at radius 3 is 2.65 bits per heavy atom. The summed E-state index contributed by atoms with van der Waals surface area (Å²) in [6, 6.07) is 9.41. The Hall–Kier alpha value is -2.34. The molecule has 0 fully saturated rings. The van der Waals surface area contributed by atoms with Gasteiger partial charge in [0.05, 0.1) is 12.3 Å². The zero-order chi connectivity index (χ0) is 13.8. The van der Waals surface area contributed by atoms with Gasteiger partial charge in [-0.2, -0.15) is 0 Å². The van der Waals surface area contributed by atoms with Crippen molar-refractivity contribution in [3.8, 4) is 22.8 Å². The van der Waals surface area contributed by atoms with Gasteiger partial charge in [-0.05, 0) is 30.3 Å². The third kappa shape index (κ3) is 2.65. The molecular formula is C14H15N3O3. The fraction of sp³-hybridized carbons (Fsp3) is 0.286. The minimum absolute atomic E-state index is 0.0611. The van der Waals surface area contributed by atoms with Crippen molar-refractivity contribution < 1.29 is 14.6 Å². The SMILES string of the molecule is OCCNc1ccc(-c2ccc3c(c2)OCCO3)nn1. The minimum atomic E-state index is 0.0611. The van der Waals surface area contributed by atoms with Crippen LogP contribution in [0.1, 0.15) is 0 Å². The third-order valence-corrected chi connectivity index (χ3v) is 2.92. The van der Waals surface area contributed by atoms with Crippen molar-refractivity contribution in [1.29, 1.82) is 0 Å². The number of aromatic nitrogens is 2. The highest BCUT2D eigenvalue weighted by atomic mass is 16.6. The van der Waals surface area contributed by atoms with Crippen LogP contribution in [-0.2, 0) is 0 Å². The summed E-state index contributed by atoms with van der Waals surface area (Å²) < 4.78 is 11.0. The standard InChI is InChI=1S/C14H15N3O3/c18-6-5-15-14-4-2-11(16-17-14)10-1-3-12-13(9-10)20-8-7-19-12/h1-4,9,18H,5-8H2,(H,15,17). The molecule has 0 radical (unpaired) electrons. The Balaban J connectivity index is 1.81. The Morgan fingerprint density at radius 2 is 1.90 bits per heavy atom. The Bertz CT molecular complexity index is 587. The van der Waals surface area contributed by atoms with Crippen LogP contribution >= 0.6 is 0 Å². The summed E-state index contributed by atoms with van der Waals surface area (Å²) in [5.41, 5.74) is 1.69. The van der Waals surface area contributed by atoms with Crippen LogP contribution in [0.25, 0.3) is 11.3 Å². The average Bonchev–Trinajstić information content (AvgIpc) is 2.53. The molecule has 1 aromatic heterocycles. The van der Waals surface area contributed by atoms with Crippen LogP contribution in [-0.4, -0.2) is 41.7 Å². The van der Waals surface area contributed by atoms with Crippen LogP contribution in [0.5, 0.6) is 11.5 Å². The zero-order valence-corrected chi connectivity index (χ0v) is 10.9. The topological polar surface area (TPSA) is 76.5 Å². The molecule has 2 aromatic rings. The molecule has 1 aliphatic heterocycles. The Morgan fingerprint density at radius 1 is 1.05 bits per heavy atom. The van der Waals surface area contributed by atoms with Crippen molar-refractivity contribution in [2.75, 3.05) is 31.7 Å². The van der Waals surface area contributed by atoms with E-state index in [1.165, 1.54) is 0 Å². The normalized spacial score (nSPS) is 13.1. The summed E-state index contributed by atoms with van der Waals surface area (Å²) in [7, 11) is 0. The maximum atomic E-state index is 8.74. The predicted octanol–water partition coefficient (Wildman–Crippen LogP) is 1.32. The number of aliphatic hydroxyl groups is 1. The first-order chi connectivity index (χ1) is 9.86. The van der Waals surface area contributed by atoms with E-state index < -0.39 is 0 Å². The van der Waals surface area contributed by atoms with Gasteiger partial charge in [0.15, 0.2) is 11.5 Å². The van der Waals surface area contributed by atoms with Crippen molar-refractivity contribution in [1.82, 2.24) is 10.2 Å². The predicted molar refractivity (Wildman–Crippen MR) is 74.0 cm³/mol. The van der Waals surface area contributed by atoms with Gasteiger partial charge in [0, 0.05) is 12.1 Å². The van der Waals surface area contributed by atoms with E-state index in [1.807, 2.05) is 30.3 Å². The first-order valence-electron chi connectivity index (χ1n) is 6.45. The van der Waals surface area contributed by atoms with E-state index in [0.29, 0.717) is 25.6 Å². The highest BCUT2D eigenvalue weighted by molar-refractivity contribution is 5.64. The van der Waals surface area contributed by atoms with Crippen molar-refractivity contribution in [3.05, 3.63) is 30.3 Å². The number of nitrogens with one attached hydrogen (secondary N) is 1. The second-order valence-electron chi connectivity index (χ2n) is 4.31. The van der Waals surface area contributed by atoms with E-state index in [1.54, 1.807) is 0 Å².